The van der Waals surface area contributed by atoms with Crippen LogP contribution < -0.4 is 0 Å². The first-order valence-electron chi connectivity index (χ1n) is 7.31. The maximum absolute atomic E-state index is 12.4. The van der Waals surface area contributed by atoms with Gasteiger partial charge in [-0.25, -0.2) is 0 Å². The molecule has 19 heavy (non-hydrogen) atoms. The number of unbranched alkanes of at least 4 members (excludes halogenated alkanes) is 1. The average Bonchev–Trinajstić information content (AvgIpc) is 2.39. The number of nitrogens with zero attached hydrogens (tertiary/aromatic N) is 2. The van der Waals surface area contributed by atoms with Gasteiger partial charge >= 0.3 is 5.97 Å². The Morgan fingerprint density at radius 3 is 2.26 bits per heavy atom. The summed E-state index contributed by atoms with van der Waals surface area (Å²) in [4.78, 5) is 26.8. The van der Waals surface area contributed by atoms with E-state index in [0.29, 0.717) is 26.2 Å². The summed E-state index contributed by atoms with van der Waals surface area (Å²) >= 11 is 0. The van der Waals surface area contributed by atoms with Crippen LogP contribution in [-0.2, 0) is 9.59 Å². The number of hydrogen-bond donors (Lipinski definition) is 1. The van der Waals surface area contributed by atoms with Crippen molar-refractivity contribution in [3.05, 3.63) is 0 Å². The van der Waals surface area contributed by atoms with Gasteiger partial charge in [0.25, 0.3) is 0 Å². The van der Waals surface area contributed by atoms with E-state index >= 15 is 0 Å². The zero-order valence-electron chi connectivity index (χ0n) is 12.1. The smallest absolute Gasteiger partial charge is 0.317 e. The van der Waals surface area contributed by atoms with E-state index in [-0.39, 0.29) is 18.4 Å². The van der Waals surface area contributed by atoms with E-state index < -0.39 is 5.97 Å². The molecule has 0 spiro atoms. The zero-order valence-corrected chi connectivity index (χ0v) is 12.1. The molecule has 1 aliphatic heterocycles. The van der Waals surface area contributed by atoms with Gasteiger partial charge in [0.1, 0.15) is 0 Å². The van der Waals surface area contributed by atoms with Gasteiger partial charge < -0.3 is 10.0 Å². The Bertz CT molecular complexity index is 299. The number of amides is 1. The van der Waals surface area contributed by atoms with E-state index in [2.05, 4.69) is 13.8 Å². The lowest BCUT2D eigenvalue weighted by atomic mass is 9.97. The minimum Gasteiger partial charge on any atom is -0.480 e. The molecule has 1 unspecified atom stereocenters. The Balaban J connectivity index is 2.40. The van der Waals surface area contributed by atoms with Crippen molar-refractivity contribution in [2.45, 2.75) is 39.5 Å². The first-order valence-corrected chi connectivity index (χ1v) is 7.31. The third-order valence-corrected chi connectivity index (χ3v) is 3.79. The number of hydrogen-bond acceptors (Lipinski definition) is 3. The Morgan fingerprint density at radius 2 is 1.79 bits per heavy atom. The maximum Gasteiger partial charge on any atom is 0.317 e. The SMILES string of the molecule is CCCCC(CC)C(=O)N1CCN(CC(=O)O)CC1. The molecule has 0 aromatic rings. The number of carbonyl (C=O) groups excluding carboxylic acids is 1. The Labute approximate surface area is 115 Å². The van der Waals surface area contributed by atoms with Gasteiger partial charge in [0.2, 0.25) is 5.91 Å². The molecule has 1 amide bonds. The van der Waals surface area contributed by atoms with Crippen LogP contribution in [0.15, 0.2) is 0 Å². The predicted molar refractivity (Wildman–Crippen MR) is 74.0 cm³/mol. The van der Waals surface area contributed by atoms with Crippen molar-refractivity contribution in [1.82, 2.24) is 9.80 Å². The van der Waals surface area contributed by atoms with Gasteiger partial charge in [0.15, 0.2) is 0 Å². The van der Waals surface area contributed by atoms with Crippen LogP contribution in [0.2, 0.25) is 0 Å². The molecule has 1 heterocycles. The number of carboxylic acids is 1. The highest BCUT2D eigenvalue weighted by molar-refractivity contribution is 5.79. The molecule has 1 saturated heterocycles. The molecular formula is C14H26N2O3. The van der Waals surface area contributed by atoms with Crippen molar-refractivity contribution >= 4 is 11.9 Å². The largest absolute Gasteiger partial charge is 0.480 e. The van der Waals surface area contributed by atoms with E-state index in [0.717, 1.165) is 25.7 Å². The third-order valence-electron chi connectivity index (χ3n) is 3.79. The summed E-state index contributed by atoms with van der Waals surface area (Å²) in [7, 11) is 0. The normalized spacial score (nSPS) is 18.3. The highest BCUT2D eigenvalue weighted by atomic mass is 16.4. The molecule has 110 valence electrons. The van der Waals surface area contributed by atoms with Crippen LogP contribution in [0, 0.1) is 5.92 Å². The molecule has 0 radical (unpaired) electrons. The third kappa shape index (κ3) is 5.19. The monoisotopic (exact) mass is 270 g/mol. The standard InChI is InChI=1S/C14H26N2O3/c1-3-5-6-12(4-2)14(19)16-9-7-15(8-10-16)11-13(17)18/h12H,3-11H2,1-2H3,(H,17,18). The summed E-state index contributed by atoms with van der Waals surface area (Å²) in [5.74, 6) is -0.397. The van der Waals surface area contributed by atoms with Gasteiger partial charge in [-0.1, -0.05) is 26.7 Å². The van der Waals surface area contributed by atoms with Gasteiger partial charge in [-0.3, -0.25) is 14.5 Å². The average molecular weight is 270 g/mol. The lowest BCUT2D eigenvalue weighted by Gasteiger charge is -2.35. The van der Waals surface area contributed by atoms with Crippen LogP contribution in [0.5, 0.6) is 0 Å². The first kappa shape index (κ1) is 16.0. The second-order valence-electron chi connectivity index (χ2n) is 5.24. The molecule has 1 N–H and O–H groups in total. The molecule has 0 aromatic heterocycles. The second kappa shape index (κ2) is 8.15. The highest BCUT2D eigenvalue weighted by Crippen LogP contribution is 2.17. The van der Waals surface area contributed by atoms with E-state index in [1.165, 1.54) is 0 Å². The van der Waals surface area contributed by atoms with Gasteiger partial charge in [-0.2, -0.15) is 0 Å². The molecule has 5 heteroatoms. The molecule has 1 aliphatic rings. The van der Waals surface area contributed by atoms with Crippen molar-refractivity contribution in [1.29, 1.82) is 0 Å². The van der Waals surface area contributed by atoms with Crippen LogP contribution >= 0.6 is 0 Å². The lowest BCUT2D eigenvalue weighted by molar-refractivity contribution is -0.140. The predicted octanol–water partition coefficient (Wildman–Crippen LogP) is 1.43. The van der Waals surface area contributed by atoms with Gasteiger partial charge in [-0.15, -0.1) is 0 Å². The molecular weight excluding hydrogens is 244 g/mol. The summed E-state index contributed by atoms with van der Waals surface area (Å²) in [6.07, 6.45) is 4.09. The molecule has 0 aliphatic carbocycles. The molecule has 0 bridgehead atoms. The zero-order chi connectivity index (χ0) is 14.3. The summed E-state index contributed by atoms with van der Waals surface area (Å²) in [6, 6.07) is 0. The fourth-order valence-electron chi connectivity index (χ4n) is 2.53. The molecule has 5 nitrogen and oxygen atoms in total. The van der Waals surface area contributed by atoms with Crippen molar-refractivity contribution < 1.29 is 14.7 Å². The van der Waals surface area contributed by atoms with E-state index in [4.69, 9.17) is 5.11 Å². The number of carbonyl (C=O) groups is 2. The molecule has 1 rings (SSSR count). The molecule has 1 fully saturated rings. The van der Waals surface area contributed by atoms with Crippen molar-refractivity contribution in [3.63, 3.8) is 0 Å². The van der Waals surface area contributed by atoms with Crippen molar-refractivity contribution in [2.24, 2.45) is 5.92 Å². The minimum absolute atomic E-state index is 0.0784. The number of piperazine rings is 1. The molecule has 0 aromatic carbocycles. The van der Waals surface area contributed by atoms with Crippen LogP contribution in [0.25, 0.3) is 0 Å². The van der Waals surface area contributed by atoms with Crippen molar-refractivity contribution in [3.8, 4) is 0 Å². The lowest BCUT2D eigenvalue weighted by Crippen LogP contribution is -2.51. The molecule has 0 saturated carbocycles. The summed E-state index contributed by atoms with van der Waals surface area (Å²) in [5, 5.41) is 8.74. The van der Waals surface area contributed by atoms with Crippen molar-refractivity contribution in [2.75, 3.05) is 32.7 Å². The summed E-state index contributed by atoms with van der Waals surface area (Å²) in [6.45, 7) is 6.95. The summed E-state index contributed by atoms with van der Waals surface area (Å²) < 4.78 is 0. The summed E-state index contributed by atoms with van der Waals surface area (Å²) in [5.41, 5.74) is 0. The quantitative estimate of drug-likeness (QED) is 0.760. The van der Waals surface area contributed by atoms with Crippen LogP contribution in [-0.4, -0.2) is 59.5 Å². The number of rotatable bonds is 7. The first-order chi connectivity index (χ1) is 9.08. The molecule has 1 atom stereocenters. The van der Waals surface area contributed by atoms with Crippen LogP contribution in [0.1, 0.15) is 39.5 Å². The second-order valence-corrected chi connectivity index (χ2v) is 5.24. The van der Waals surface area contributed by atoms with Crippen LogP contribution in [0.3, 0.4) is 0 Å². The number of aliphatic carboxylic acids is 1. The maximum atomic E-state index is 12.4. The van der Waals surface area contributed by atoms with Gasteiger partial charge in [0.05, 0.1) is 6.54 Å². The van der Waals surface area contributed by atoms with E-state index in [1.807, 2.05) is 9.80 Å². The fraction of sp³-hybridized carbons (Fsp3) is 0.857. The minimum atomic E-state index is -0.797. The number of carboxylic acid groups (broad SMARTS) is 1. The Morgan fingerprint density at radius 1 is 1.16 bits per heavy atom. The van der Waals surface area contributed by atoms with E-state index in [9.17, 15) is 9.59 Å². The van der Waals surface area contributed by atoms with E-state index in [1.54, 1.807) is 0 Å². The van der Waals surface area contributed by atoms with Gasteiger partial charge in [0, 0.05) is 32.1 Å². The van der Waals surface area contributed by atoms with Crippen LogP contribution in [0.4, 0.5) is 0 Å². The highest BCUT2D eigenvalue weighted by Gasteiger charge is 2.26. The van der Waals surface area contributed by atoms with Gasteiger partial charge in [-0.05, 0) is 12.8 Å². The Kier molecular flexibility index (Phi) is 6.84. The Hall–Kier alpha value is -1.10. The topological polar surface area (TPSA) is 60.9 Å². The fourth-order valence-corrected chi connectivity index (χ4v) is 2.53.